The molecule has 1 saturated carbocycles. The first-order chi connectivity index (χ1) is 9.17. The molecule has 0 aromatic heterocycles. The van der Waals surface area contributed by atoms with E-state index in [-0.39, 0.29) is 18.1 Å². The second-order valence-corrected chi connectivity index (χ2v) is 5.54. The number of hydrogen-bond donors (Lipinski definition) is 2. The highest BCUT2D eigenvalue weighted by atomic mass is 16.5. The van der Waals surface area contributed by atoms with Crippen LogP contribution in [0, 0.1) is 0 Å². The predicted molar refractivity (Wildman–Crippen MR) is 78.2 cm³/mol. The summed E-state index contributed by atoms with van der Waals surface area (Å²) in [6.45, 7) is 4.79. The Hall–Kier alpha value is -0.610. The number of rotatable bonds is 8. The highest BCUT2D eigenvalue weighted by Gasteiger charge is 2.24. The van der Waals surface area contributed by atoms with Crippen LogP contribution in [0.3, 0.4) is 0 Å². The third kappa shape index (κ3) is 6.39. The van der Waals surface area contributed by atoms with Gasteiger partial charge in [0.1, 0.15) is 6.10 Å². The van der Waals surface area contributed by atoms with Gasteiger partial charge in [-0.3, -0.25) is 4.79 Å². The van der Waals surface area contributed by atoms with Gasteiger partial charge in [0.2, 0.25) is 5.91 Å². The molecule has 0 bridgehead atoms. The van der Waals surface area contributed by atoms with E-state index in [2.05, 4.69) is 17.6 Å². The van der Waals surface area contributed by atoms with E-state index in [0.29, 0.717) is 6.04 Å². The molecule has 112 valence electrons. The van der Waals surface area contributed by atoms with Crippen LogP contribution < -0.4 is 10.6 Å². The van der Waals surface area contributed by atoms with E-state index < -0.39 is 0 Å². The maximum Gasteiger partial charge on any atom is 0.248 e. The number of carbonyl (C=O) groups excluding carboxylic acids is 1. The summed E-state index contributed by atoms with van der Waals surface area (Å²) < 4.78 is 5.86. The van der Waals surface area contributed by atoms with Crippen LogP contribution in [-0.2, 0) is 9.53 Å². The first-order valence-corrected chi connectivity index (χ1v) is 7.77. The van der Waals surface area contributed by atoms with Gasteiger partial charge < -0.3 is 15.4 Å². The van der Waals surface area contributed by atoms with Crippen molar-refractivity contribution in [2.45, 2.75) is 77.0 Å². The summed E-state index contributed by atoms with van der Waals surface area (Å²) in [6.07, 6.45) is 7.73. The summed E-state index contributed by atoms with van der Waals surface area (Å²) in [5, 5.41) is 6.26. The zero-order valence-corrected chi connectivity index (χ0v) is 12.7. The number of unbranched alkanes of at least 4 members (excludes halogenated alkanes) is 2. The largest absolute Gasteiger partial charge is 0.365 e. The van der Waals surface area contributed by atoms with Crippen LogP contribution in [0.5, 0.6) is 0 Å². The summed E-state index contributed by atoms with van der Waals surface area (Å²) in [5.41, 5.74) is 0. The lowest BCUT2D eigenvalue weighted by molar-refractivity contribution is -0.136. The zero-order valence-electron chi connectivity index (χ0n) is 12.7. The first kappa shape index (κ1) is 16.4. The number of nitrogens with one attached hydrogen (secondary N) is 2. The van der Waals surface area contributed by atoms with Gasteiger partial charge in [0.25, 0.3) is 0 Å². The van der Waals surface area contributed by atoms with E-state index in [1.54, 1.807) is 0 Å². The van der Waals surface area contributed by atoms with Crippen LogP contribution in [0.2, 0.25) is 0 Å². The van der Waals surface area contributed by atoms with Crippen molar-refractivity contribution in [1.82, 2.24) is 10.6 Å². The van der Waals surface area contributed by atoms with Gasteiger partial charge in [-0.1, -0.05) is 19.8 Å². The lowest BCUT2D eigenvalue weighted by atomic mass is 9.93. The molecule has 1 rings (SSSR count). The molecule has 0 aromatic carbocycles. The Bertz CT molecular complexity index is 251. The van der Waals surface area contributed by atoms with Gasteiger partial charge in [0.05, 0.1) is 6.10 Å². The second kappa shape index (κ2) is 9.32. The van der Waals surface area contributed by atoms with E-state index >= 15 is 0 Å². The fraction of sp³-hybridized carbons (Fsp3) is 0.933. The minimum Gasteiger partial charge on any atom is -0.365 e. The molecule has 4 heteroatoms. The summed E-state index contributed by atoms with van der Waals surface area (Å²) in [4.78, 5) is 11.9. The van der Waals surface area contributed by atoms with Crippen LogP contribution in [0.25, 0.3) is 0 Å². The molecule has 19 heavy (non-hydrogen) atoms. The topological polar surface area (TPSA) is 50.4 Å². The molecule has 1 aliphatic rings. The van der Waals surface area contributed by atoms with Crippen molar-refractivity contribution in [3.8, 4) is 0 Å². The summed E-state index contributed by atoms with van der Waals surface area (Å²) >= 11 is 0. The average molecular weight is 270 g/mol. The fourth-order valence-electron chi connectivity index (χ4n) is 2.57. The number of hydrogen-bond acceptors (Lipinski definition) is 3. The molecule has 0 spiro atoms. The van der Waals surface area contributed by atoms with Gasteiger partial charge in [-0.25, -0.2) is 0 Å². The Labute approximate surface area is 117 Å². The van der Waals surface area contributed by atoms with Gasteiger partial charge in [-0.2, -0.15) is 0 Å². The predicted octanol–water partition coefficient (Wildman–Crippen LogP) is 2.23. The van der Waals surface area contributed by atoms with Crippen molar-refractivity contribution in [1.29, 1.82) is 0 Å². The zero-order chi connectivity index (χ0) is 14.1. The number of ether oxygens (including phenoxy) is 1. The van der Waals surface area contributed by atoms with E-state index in [1.807, 2.05) is 14.0 Å². The lowest BCUT2D eigenvalue weighted by Gasteiger charge is -2.30. The summed E-state index contributed by atoms with van der Waals surface area (Å²) in [6, 6.07) is 0.623. The van der Waals surface area contributed by atoms with Crippen LogP contribution >= 0.6 is 0 Å². The van der Waals surface area contributed by atoms with Gasteiger partial charge in [-0.15, -0.1) is 0 Å². The Balaban J connectivity index is 2.15. The third-order valence-corrected chi connectivity index (χ3v) is 3.93. The van der Waals surface area contributed by atoms with Crippen LogP contribution in [0.15, 0.2) is 0 Å². The highest BCUT2D eigenvalue weighted by Crippen LogP contribution is 2.22. The van der Waals surface area contributed by atoms with Gasteiger partial charge >= 0.3 is 0 Å². The molecule has 1 unspecified atom stereocenters. The van der Waals surface area contributed by atoms with Crippen molar-refractivity contribution in [3.05, 3.63) is 0 Å². The number of carbonyl (C=O) groups is 1. The quantitative estimate of drug-likeness (QED) is 0.665. The Morgan fingerprint density at radius 2 is 1.95 bits per heavy atom. The minimum atomic E-state index is -0.322. The molecule has 1 amide bonds. The molecule has 0 radical (unpaired) electrons. The molecular weight excluding hydrogens is 240 g/mol. The van der Waals surface area contributed by atoms with Crippen LogP contribution in [0.1, 0.15) is 58.8 Å². The molecule has 4 nitrogen and oxygen atoms in total. The smallest absolute Gasteiger partial charge is 0.248 e. The first-order valence-electron chi connectivity index (χ1n) is 7.77. The van der Waals surface area contributed by atoms with Crippen molar-refractivity contribution in [2.24, 2.45) is 0 Å². The van der Waals surface area contributed by atoms with Crippen molar-refractivity contribution in [3.63, 3.8) is 0 Å². The number of amides is 1. The van der Waals surface area contributed by atoms with E-state index in [1.165, 1.54) is 12.8 Å². The molecular formula is C15H30N2O2. The molecule has 2 N–H and O–H groups in total. The molecule has 1 fully saturated rings. The second-order valence-electron chi connectivity index (χ2n) is 5.54. The monoisotopic (exact) mass is 270 g/mol. The summed E-state index contributed by atoms with van der Waals surface area (Å²) in [7, 11) is 2.01. The van der Waals surface area contributed by atoms with Crippen molar-refractivity contribution >= 4 is 5.91 Å². The molecule has 1 atom stereocenters. The molecule has 0 aliphatic heterocycles. The van der Waals surface area contributed by atoms with Crippen LogP contribution in [0.4, 0.5) is 0 Å². The van der Waals surface area contributed by atoms with Crippen molar-refractivity contribution in [2.75, 3.05) is 13.6 Å². The molecule has 0 heterocycles. The molecule has 0 saturated heterocycles. The molecule has 1 aliphatic carbocycles. The van der Waals surface area contributed by atoms with Gasteiger partial charge in [-0.05, 0) is 46.1 Å². The summed E-state index contributed by atoms with van der Waals surface area (Å²) in [5.74, 6) is 0.0341. The maximum absolute atomic E-state index is 11.9. The maximum atomic E-state index is 11.9. The fourth-order valence-corrected chi connectivity index (χ4v) is 2.57. The highest BCUT2D eigenvalue weighted by molar-refractivity contribution is 5.80. The SMILES string of the molecule is CCCCCNC(=O)C(C)OC1CCC(NC)CC1. The standard InChI is InChI=1S/C15H30N2O2/c1-4-5-6-11-17-15(18)12(2)19-14-9-7-13(16-3)8-10-14/h12-14,16H,4-11H2,1-3H3,(H,17,18). The minimum absolute atomic E-state index is 0.0341. The lowest BCUT2D eigenvalue weighted by Crippen LogP contribution is -2.39. The van der Waals surface area contributed by atoms with Crippen LogP contribution in [-0.4, -0.2) is 37.7 Å². The third-order valence-electron chi connectivity index (χ3n) is 3.93. The van der Waals surface area contributed by atoms with E-state index in [9.17, 15) is 4.79 Å². The van der Waals surface area contributed by atoms with Gasteiger partial charge in [0.15, 0.2) is 0 Å². The Morgan fingerprint density at radius 3 is 2.53 bits per heavy atom. The normalized spacial score (nSPS) is 25.0. The van der Waals surface area contributed by atoms with E-state index in [0.717, 1.165) is 38.6 Å². The van der Waals surface area contributed by atoms with E-state index in [4.69, 9.17) is 4.74 Å². The van der Waals surface area contributed by atoms with Gasteiger partial charge in [0, 0.05) is 12.6 Å². The Morgan fingerprint density at radius 1 is 1.26 bits per heavy atom. The molecule has 0 aromatic rings. The Kier molecular flexibility index (Phi) is 8.07. The average Bonchev–Trinajstić information content (AvgIpc) is 2.44. The van der Waals surface area contributed by atoms with Crippen molar-refractivity contribution < 1.29 is 9.53 Å².